The topological polar surface area (TPSA) is 83.8 Å². The van der Waals surface area contributed by atoms with Gasteiger partial charge >= 0.3 is 6.03 Å². The van der Waals surface area contributed by atoms with Gasteiger partial charge in [0.25, 0.3) is 0 Å². The molecule has 7 nitrogen and oxygen atoms in total. The third kappa shape index (κ3) is 7.27. The molecular weight excluding hydrogens is 370 g/mol. The third-order valence-electron chi connectivity index (χ3n) is 4.87. The van der Waals surface area contributed by atoms with Gasteiger partial charge in [-0.2, -0.15) is 0 Å². The number of nitrogens with one attached hydrogen (secondary N) is 2. The van der Waals surface area contributed by atoms with E-state index in [1.165, 1.54) is 0 Å². The molecule has 156 valence electrons. The molecular formula is C22H29N3O4. The van der Waals surface area contributed by atoms with Crippen molar-refractivity contribution in [1.29, 1.82) is 0 Å². The summed E-state index contributed by atoms with van der Waals surface area (Å²) < 4.78 is 10.7. The molecule has 1 aromatic carbocycles. The average molecular weight is 399 g/mol. The van der Waals surface area contributed by atoms with Crippen LogP contribution >= 0.6 is 0 Å². The molecule has 3 rings (SSSR count). The number of hydrogen-bond donors (Lipinski definition) is 2. The van der Waals surface area contributed by atoms with Crippen molar-refractivity contribution in [2.24, 2.45) is 0 Å². The smallest absolute Gasteiger partial charge is 0.319 e. The number of carbonyl (C=O) groups excluding carboxylic acids is 2. The van der Waals surface area contributed by atoms with E-state index in [4.69, 9.17) is 9.15 Å². The van der Waals surface area contributed by atoms with Crippen LogP contribution in [0.3, 0.4) is 0 Å². The zero-order valence-corrected chi connectivity index (χ0v) is 16.7. The van der Waals surface area contributed by atoms with Gasteiger partial charge in [0.2, 0.25) is 5.91 Å². The van der Waals surface area contributed by atoms with Crippen LogP contribution in [0, 0.1) is 0 Å². The van der Waals surface area contributed by atoms with Crippen LogP contribution in [0.1, 0.15) is 37.0 Å². The number of aryl methyl sites for hydroxylation is 1. The summed E-state index contributed by atoms with van der Waals surface area (Å²) in [6.07, 6.45) is 5.83. The number of nitrogens with zero attached hydrogens (tertiary/aromatic N) is 1. The van der Waals surface area contributed by atoms with Gasteiger partial charge in [0.05, 0.1) is 6.26 Å². The number of rotatable bonds is 10. The maximum absolute atomic E-state index is 12.1. The molecule has 0 atom stereocenters. The summed E-state index contributed by atoms with van der Waals surface area (Å²) in [4.78, 5) is 26.0. The highest BCUT2D eigenvalue weighted by Gasteiger charge is 2.17. The normalized spacial score (nSPS) is 13.4. The summed E-state index contributed by atoms with van der Waals surface area (Å²) in [5, 5.41) is 5.62. The Kier molecular flexibility index (Phi) is 8.12. The molecule has 2 N–H and O–H groups in total. The first kappa shape index (κ1) is 20.9. The number of benzene rings is 1. The molecule has 7 heteroatoms. The SMILES string of the molecule is O=C(NCCCOCc1ccco1)Nc1ccc(CCC(=O)N2CCCC2)cc1. The molecule has 1 saturated heterocycles. The van der Waals surface area contributed by atoms with E-state index >= 15 is 0 Å². The predicted octanol–water partition coefficient (Wildman–Crippen LogP) is 3.56. The van der Waals surface area contributed by atoms with Gasteiger partial charge in [-0.1, -0.05) is 12.1 Å². The van der Waals surface area contributed by atoms with Crippen LogP contribution < -0.4 is 10.6 Å². The van der Waals surface area contributed by atoms with E-state index in [1.807, 2.05) is 41.3 Å². The van der Waals surface area contributed by atoms with Crippen LogP contribution in [-0.2, 0) is 22.6 Å². The molecule has 0 bridgehead atoms. The Balaban J connectivity index is 1.27. The summed E-state index contributed by atoms with van der Waals surface area (Å²) in [5.41, 5.74) is 1.82. The maximum Gasteiger partial charge on any atom is 0.319 e. The molecule has 1 aromatic heterocycles. The molecule has 2 aromatic rings. The van der Waals surface area contributed by atoms with Crippen molar-refractivity contribution < 1.29 is 18.7 Å². The molecule has 1 aliphatic heterocycles. The lowest BCUT2D eigenvalue weighted by atomic mass is 10.1. The number of carbonyl (C=O) groups is 2. The molecule has 0 radical (unpaired) electrons. The van der Waals surface area contributed by atoms with Gasteiger partial charge in [0.1, 0.15) is 12.4 Å². The highest BCUT2D eigenvalue weighted by molar-refractivity contribution is 5.89. The van der Waals surface area contributed by atoms with E-state index in [2.05, 4.69) is 10.6 Å². The van der Waals surface area contributed by atoms with Crippen LogP contribution in [0.2, 0.25) is 0 Å². The van der Waals surface area contributed by atoms with Gasteiger partial charge in [-0.15, -0.1) is 0 Å². The maximum atomic E-state index is 12.1. The van der Waals surface area contributed by atoms with Crippen molar-refractivity contribution >= 4 is 17.6 Å². The van der Waals surface area contributed by atoms with Crippen molar-refractivity contribution in [1.82, 2.24) is 10.2 Å². The molecule has 0 aliphatic carbocycles. The fraction of sp³-hybridized carbons (Fsp3) is 0.455. The summed E-state index contributed by atoms with van der Waals surface area (Å²) >= 11 is 0. The Bertz CT molecular complexity index is 753. The Morgan fingerprint density at radius 2 is 1.90 bits per heavy atom. The van der Waals surface area contributed by atoms with Crippen LogP contribution in [0.5, 0.6) is 0 Å². The summed E-state index contributed by atoms with van der Waals surface area (Å²) in [7, 11) is 0. The van der Waals surface area contributed by atoms with E-state index in [0.717, 1.165) is 55.8 Å². The van der Waals surface area contributed by atoms with Crippen molar-refractivity contribution in [3.8, 4) is 0 Å². The molecule has 1 aliphatic rings. The lowest BCUT2D eigenvalue weighted by Gasteiger charge is -2.15. The summed E-state index contributed by atoms with van der Waals surface area (Å²) in [5.74, 6) is 1.02. The van der Waals surface area contributed by atoms with E-state index in [9.17, 15) is 9.59 Å². The Hall–Kier alpha value is -2.80. The first-order chi connectivity index (χ1) is 14.2. The molecule has 1 fully saturated rings. The largest absolute Gasteiger partial charge is 0.467 e. The average Bonchev–Trinajstić information content (AvgIpc) is 3.44. The standard InChI is InChI=1S/C22H29N3O4/c26-21(25-13-1-2-14-25)11-8-18-6-9-19(10-7-18)24-22(27)23-12-4-15-28-17-20-5-3-16-29-20/h3,5-7,9-10,16H,1-2,4,8,11-15,17H2,(H2,23,24,27). The highest BCUT2D eigenvalue weighted by atomic mass is 16.5. The number of likely N-dealkylation sites (tertiary alicyclic amines) is 1. The molecule has 0 saturated carbocycles. The fourth-order valence-electron chi connectivity index (χ4n) is 3.25. The molecule has 3 amide bonds. The van der Waals surface area contributed by atoms with E-state index in [-0.39, 0.29) is 11.9 Å². The van der Waals surface area contributed by atoms with Crippen molar-refractivity contribution in [3.63, 3.8) is 0 Å². The second-order valence-corrected chi connectivity index (χ2v) is 7.15. The molecule has 29 heavy (non-hydrogen) atoms. The van der Waals surface area contributed by atoms with E-state index < -0.39 is 0 Å². The van der Waals surface area contributed by atoms with Gasteiger partial charge in [-0.3, -0.25) is 4.79 Å². The fourth-order valence-corrected chi connectivity index (χ4v) is 3.25. The number of anilines is 1. The van der Waals surface area contributed by atoms with Crippen molar-refractivity contribution in [2.45, 2.75) is 38.7 Å². The Morgan fingerprint density at radius 3 is 2.62 bits per heavy atom. The van der Waals surface area contributed by atoms with Crippen molar-refractivity contribution in [3.05, 3.63) is 54.0 Å². The van der Waals surface area contributed by atoms with Crippen LogP contribution in [0.25, 0.3) is 0 Å². The van der Waals surface area contributed by atoms with E-state index in [0.29, 0.717) is 26.2 Å². The van der Waals surface area contributed by atoms with Crippen LogP contribution in [0.4, 0.5) is 10.5 Å². The number of urea groups is 1. The monoisotopic (exact) mass is 399 g/mol. The zero-order chi connectivity index (χ0) is 20.3. The second kappa shape index (κ2) is 11.3. The lowest BCUT2D eigenvalue weighted by molar-refractivity contribution is -0.130. The number of amides is 3. The minimum absolute atomic E-state index is 0.234. The van der Waals surface area contributed by atoms with Gasteiger partial charge < -0.3 is 24.7 Å². The number of furan rings is 1. The van der Waals surface area contributed by atoms with Crippen molar-refractivity contribution in [2.75, 3.05) is 31.6 Å². The molecule has 0 spiro atoms. The first-order valence-electron chi connectivity index (χ1n) is 10.2. The number of hydrogen-bond acceptors (Lipinski definition) is 4. The Morgan fingerprint density at radius 1 is 1.10 bits per heavy atom. The zero-order valence-electron chi connectivity index (χ0n) is 16.7. The van der Waals surface area contributed by atoms with Gasteiger partial charge in [-0.05, 0) is 55.5 Å². The van der Waals surface area contributed by atoms with Crippen LogP contribution in [-0.4, -0.2) is 43.1 Å². The summed E-state index contributed by atoms with van der Waals surface area (Å²) in [6, 6.07) is 11.1. The minimum atomic E-state index is -0.243. The van der Waals surface area contributed by atoms with Crippen LogP contribution in [0.15, 0.2) is 47.1 Å². The van der Waals surface area contributed by atoms with Gasteiger partial charge in [0.15, 0.2) is 0 Å². The molecule has 0 unspecified atom stereocenters. The summed E-state index contributed by atoms with van der Waals surface area (Å²) in [6.45, 7) is 3.31. The predicted molar refractivity (Wildman–Crippen MR) is 111 cm³/mol. The Labute approximate surface area is 171 Å². The third-order valence-corrected chi connectivity index (χ3v) is 4.87. The quantitative estimate of drug-likeness (QED) is 0.599. The van der Waals surface area contributed by atoms with E-state index in [1.54, 1.807) is 6.26 Å². The minimum Gasteiger partial charge on any atom is -0.467 e. The van der Waals surface area contributed by atoms with Gasteiger partial charge in [-0.25, -0.2) is 4.79 Å². The lowest BCUT2D eigenvalue weighted by Crippen LogP contribution is -2.30. The highest BCUT2D eigenvalue weighted by Crippen LogP contribution is 2.14. The number of ether oxygens (including phenoxy) is 1. The molecule has 2 heterocycles. The van der Waals surface area contributed by atoms with Gasteiger partial charge in [0, 0.05) is 38.3 Å². The second-order valence-electron chi connectivity index (χ2n) is 7.15. The first-order valence-corrected chi connectivity index (χ1v) is 10.2.